The smallest absolute Gasteiger partial charge is 0.125 e. The molecule has 1 N–H and O–H groups in total. The van der Waals surface area contributed by atoms with E-state index in [1.807, 2.05) is 48.5 Å². The number of aromatic nitrogens is 3. The Kier molecular flexibility index (Phi) is 7.30. The Hall–Kier alpha value is -2.49. The second-order valence-electron chi connectivity index (χ2n) is 7.97. The molecular weight excluding hydrogens is 585 g/mol. The van der Waals surface area contributed by atoms with Crippen LogP contribution in [0.5, 0.6) is 5.75 Å². The molecule has 31 heavy (non-hydrogen) atoms. The normalized spacial score (nSPS) is 11.1. The van der Waals surface area contributed by atoms with E-state index >= 15 is 0 Å². The molecule has 2 aromatic heterocycles. The van der Waals surface area contributed by atoms with Crippen LogP contribution >= 0.6 is 11.8 Å². The first-order chi connectivity index (χ1) is 14.4. The SMILES string of the molecule is CC(C)(C)c1ccc(O)c(-c2cncc(-c3[c-]c(Sc4ccccn4)ccc3)n2)c1.[Pt]. The fraction of sp³-hybridized carbons (Fsp3) is 0.160. The van der Waals surface area contributed by atoms with E-state index in [9.17, 15) is 5.11 Å². The van der Waals surface area contributed by atoms with Crippen LogP contribution in [-0.4, -0.2) is 20.1 Å². The molecule has 0 fully saturated rings. The molecule has 0 saturated heterocycles. The van der Waals surface area contributed by atoms with E-state index in [2.05, 4.69) is 36.8 Å². The molecule has 0 aliphatic carbocycles. The van der Waals surface area contributed by atoms with Crippen LogP contribution in [-0.2, 0) is 26.5 Å². The molecular formula is C25H22N3OPtS-. The van der Waals surface area contributed by atoms with E-state index in [0.717, 1.165) is 21.0 Å². The van der Waals surface area contributed by atoms with Gasteiger partial charge < -0.3 is 5.11 Å². The predicted molar refractivity (Wildman–Crippen MR) is 120 cm³/mol. The van der Waals surface area contributed by atoms with Crippen LogP contribution in [0.2, 0.25) is 0 Å². The topological polar surface area (TPSA) is 58.9 Å². The van der Waals surface area contributed by atoms with Gasteiger partial charge in [0.05, 0.1) is 16.9 Å². The maximum atomic E-state index is 10.4. The number of hydrogen-bond acceptors (Lipinski definition) is 5. The van der Waals surface area contributed by atoms with Gasteiger partial charge >= 0.3 is 0 Å². The first-order valence-electron chi connectivity index (χ1n) is 9.68. The maximum Gasteiger partial charge on any atom is 0.125 e. The number of nitrogens with zero attached hydrogens (tertiary/aromatic N) is 3. The van der Waals surface area contributed by atoms with Crippen LogP contribution in [0.15, 0.2) is 83.1 Å². The fourth-order valence-electron chi connectivity index (χ4n) is 3.01. The molecule has 2 heterocycles. The number of phenolic OH excluding ortho intramolecular Hbond substituents is 1. The zero-order chi connectivity index (χ0) is 21.1. The van der Waals surface area contributed by atoms with Crippen molar-refractivity contribution in [1.82, 2.24) is 15.0 Å². The number of aromatic hydroxyl groups is 1. The van der Waals surface area contributed by atoms with Crippen LogP contribution in [0, 0.1) is 6.07 Å². The average molecular weight is 608 g/mol. The summed E-state index contributed by atoms with van der Waals surface area (Å²) < 4.78 is 0. The van der Waals surface area contributed by atoms with Crippen molar-refractivity contribution in [1.29, 1.82) is 0 Å². The van der Waals surface area contributed by atoms with Gasteiger partial charge in [-0.1, -0.05) is 49.6 Å². The largest absolute Gasteiger partial charge is 0.507 e. The van der Waals surface area contributed by atoms with Gasteiger partial charge in [0.25, 0.3) is 0 Å². The minimum Gasteiger partial charge on any atom is -0.507 e. The first-order valence-corrected chi connectivity index (χ1v) is 10.5. The molecule has 0 aliphatic heterocycles. The van der Waals surface area contributed by atoms with E-state index in [1.165, 1.54) is 0 Å². The fourth-order valence-corrected chi connectivity index (χ4v) is 3.80. The molecule has 4 nitrogen and oxygen atoms in total. The number of phenols is 1. The zero-order valence-corrected chi connectivity index (χ0v) is 20.5. The number of pyridine rings is 1. The quantitative estimate of drug-likeness (QED) is 0.282. The van der Waals surface area contributed by atoms with E-state index < -0.39 is 0 Å². The molecule has 0 aliphatic rings. The van der Waals surface area contributed by atoms with Crippen molar-refractivity contribution in [3.63, 3.8) is 0 Å². The van der Waals surface area contributed by atoms with Crippen molar-refractivity contribution in [3.05, 3.63) is 84.8 Å². The third-order valence-corrected chi connectivity index (χ3v) is 5.58. The Morgan fingerprint density at radius 2 is 1.74 bits per heavy atom. The van der Waals surface area contributed by atoms with Crippen LogP contribution < -0.4 is 0 Å². The minimum absolute atomic E-state index is 0. The third-order valence-electron chi connectivity index (χ3n) is 4.67. The van der Waals surface area contributed by atoms with Gasteiger partial charge in [0.1, 0.15) is 5.75 Å². The summed E-state index contributed by atoms with van der Waals surface area (Å²) >= 11 is 1.55. The monoisotopic (exact) mass is 607 g/mol. The van der Waals surface area contributed by atoms with Gasteiger partial charge in [-0.15, -0.1) is 29.8 Å². The maximum absolute atomic E-state index is 10.4. The summed E-state index contributed by atoms with van der Waals surface area (Å²) in [5, 5.41) is 11.3. The third kappa shape index (κ3) is 5.61. The average Bonchev–Trinajstić information content (AvgIpc) is 2.74. The summed E-state index contributed by atoms with van der Waals surface area (Å²) in [6, 6.07) is 20.8. The Bertz CT molecular complexity index is 1180. The predicted octanol–water partition coefficient (Wildman–Crippen LogP) is 6.16. The van der Waals surface area contributed by atoms with Gasteiger partial charge in [0.2, 0.25) is 0 Å². The molecule has 0 spiro atoms. The number of hydrogen-bond donors (Lipinski definition) is 1. The van der Waals surface area contributed by atoms with Gasteiger partial charge in [-0.2, -0.15) is 0 Å². The summed E-state index contributed by atoms with van der Waals surface area (Å²) in [4.78, 5) is 14.4. The molecule has 4 aromatic rings. The minimum atomic E-state index is -0.0295. The Morgan fingerprint density at radius 1 is 0.935 bits per heavy atom. The van der Waals surface area contributed by atoms with Crippen LogP contribution in [0.1, 0.15) is 26.3 Å². The van der Waals surface area contributed by atoms with Crippen LogP contribution in [0.25, 0.3) is 22.5 Å². The molecule has 0 amide bonds. The Labute approximate surface area is 201 Å². The Balaban J connectivity index is 0.00000272. The molecule has 0 unspecified atom stereocenters. The first kappa shape index (κ1) is 23.2. The second kappa shape index (κ2) is 9.76. The van der Waals surface area contributed by atoms with Gasteiger partial charge in [0, 0.05) is 44.7 Å². The number of rotatable bonds is 4. The molecule has 0 atom stereocenters. The van der Waals surface area contributed by atoms with E-state index in [4.69, 9.17) is 4.98 Å². The van der Waals surface area contributed by atoms with Crippen molar-refractivity contribution in [2.24, 2.45) is 0 Å². The zero-order valence-electron chi connectivity index (χ0n) is 17.4. The Morgan fingerprint density at radius 3 is 2.48 bits per heavy atom. The van der Waals surface area contributed by atoms with Gasteiger partial charge in [-0.25, -0.2) is 4.98 Å². The van der Waals surface area contributed by atoms with Crippen LogP contribution in [0.4, 0.5) is 0 Å². The molecule has 160 valence electrons. The van der Waals surface area contributed by atoms with Crippen molar-refractivity contribution in [2.75, 3.05) is 0 Å². The van der Waals surface area contributed by atoms with E-state index in [1.54, 1.807) is 36.4 Å². The summed E-state index contributed by atoms with van der Waals surface area (Å²) in [6.07, 6.45) is 5.17. The van der Waals surface area contributed by atoms with Crippen molar-refractivity contribution >= 4 is 11.8 Å². The second-order valence-corrected chi connectivity index (χ2v) is 9.03. The summed E-state index contributed by atoms with van der Waals surface area (Å²) in [7, 11) is 0. The molecule has 0 bridgehead atoms. The van der Waals surface area contributed by atoms with Crippen molar-refractivity contribution < 1.29 is 26.2 Å². The standard InChI is InChI=1S/C25H22N3OS.Pt/c1-25(2,3)18-10-11-23(29)20(14-18)22-16-26-15-21(28-22)17-7-6-8-19(13-17)30-24-9-4-5-12-27-24;/h4-12,14-16,29H,1-3H3;/q-1;. The van der Waals surface area contributed by atoms with Gasteiger partial charge in [-0.05, 0) is 35.2 Å². The van der Waals surface area contributed by atoms with Crippen molar-refractivity contribution in [2.45, 2.75) is 36.1 Å². The molecule has 6 heteroatoms. The van der Waals surface area contributed by atoms with E-state index in [-0.39, 0.29) is 32.2 Å². The molecule has 0 radical (unpaired) electrons. The molecule has 4 rings (SSSR count). The number of benzene rings is 2. The van der Waals surface area contributed by atoms with Crippen LogP contribution in [0.3, 0.4) is 0 Å². The van der Waals surface area contributed by atoms with Crippen molar-refractivity contribution in [3.8, 4) is 28.3 Å². The van der Waals surface area contributed by atoms with Gasteiger partial charge in [0.15, 0.2) is 0 Å². The summed E-state index contributed by atoms with van der Waals surface area (Å²) in [5.41, 5.74) is 3.96. The van der Waals surface area contributed by atoms with E-state index in [0.29, 0.717) is 17.0 Å². The molecule has 2 aromatic carbocycles. The molecule has 0 saturated carbocycles. The van der Waals surface area contributed by atoms with Gasteiger partial charge in [-0.3, -0.25) is 9.97 Å². The summed E-state index contributed by atoms with van der Waals surface area (Å²) in [5.74, 6) is 0.192. The summed E-state index contributed by atoms with van der Waals surface area (Å²) in [6.45, 7) is 6.43.